The lowest BCUT2D eigenvalue weighted by Crippen LogP contribution is -2.27. The lowest BCUT2D eigenvalue weighted by molar-refractivity contribution is -0.142. The van der Waals surface area contributed by atoms with E-state index in [9.17, 15) is 4.79 Å². The van der Waals surface area contributed by atoms with Gasteiger partial charge in [0.15, 0.2) is 0 Å². The van der Waals surface area contributed by atoms with Crippen molar-refractivity contribution in [2.45, 2.75) is 34.1 Å². The van der Waals surface area contributed by atoms with Gasteiger partial charge in [-0.3, -0.25) is 4.79 Å². The maximum absolute atomic E-state index is 11.2. The molecule has 0 aliphatic heterocycles. The monoisotopic (exact) mass is 196 g/mol. The molecule has 0 spiro atoms. The van der Waals surface area contributed by atoms with Crippen molar-refractivity contribution in [3.63, 3.8) is 0 Å². The van der Waals surface area contributed by atoms with E-state index in [-0.39, 0.29) is 11.4 Å². The van der Waals surface area contributed by atoms with Crippen molar-refractivity contribution >= 4 is 5.97 Å². The summed E-state index contributed by atoms with van der Waals surface area (Å²) in [6, 6.07) is 0. The number of hydrogen-bond acceptors (Lipinski definition) is 2. The third-order valence-electron chi connectivity index (χ3n) is 3.83. The summed E-state index contributed by atoms with van der Waals surface area (Å²) in [4.78, 5) is 11.2. The maximum Gasteiger partial charge on any atom is 0.306 e. The summed E-state index contributed by atoms with van der Waals surface area (Å²) in [5.41, 5.74) is 1.57. The molecule has 1 aliphatic rings. The third kappa shape index (κ3) is 1.84. The van der Waals surface area contributed by atoms with Crippen LogP contribution >= 0.6 is 0 Å². The Balaban J connectivity index is 2.75. The first-order valence-electron chi connectivity index (χ1n) is 5.14. The molecule has 0 amide bonds. The number of rotatable bonds is 2. The minimum absolute atomic E-state index is 0.110. The van der Waals surface area contributed by atoms with Crippen LogP contribution < -0.4 is 0 Å². The van der Waals surface area contributed by atoms with E-state index in [1.807, 2.05) is 0 Å². The predicted molar refractivity (Wildman–Crippen MR) is 56.8 cm³/mol. The van der Waals surface area contributed by atoms with Gasteiger partial charge < -0.3 is 4.74 Å². The molecule has 1 rings (SSSR count). The highest BCUT2D eigenvalue weighted by atomic mass is 16.5. The SMILES string of the molecule is COC(=O)CC1C=C(C)C(C)C1(C)C. The molecule has 0 heterocycles. The summed E-state index contributed by atoms with van der Waals surface area (Å²) in [5, 5.41) is 0. The van der Waals surface area contributed by atoms with Crippen molar-refractivity contribution in [3.05, 3.63) is 11.6 Å². The zero-order valence-electron chi connectivity index (χ0n) is 9.76. The molecule has 2 unspecified atom stereocenters. The van der Waals surface area contributed by atoms with Gasteiger partial charge in [-0.05, 0) is 24.2 Å². The second kappa shape index (κ2) is 3.76. The third-order valence-corrected chi connectivity index (χ3v) is 3.83. The van der Waals surface area contributed by atoms with Crippen LogP contribution in [0.2, 0.25) is 0 Å². The van der Waals surface area contributed by atoms with Crippen molar-refractivity contribution in [3.8, 4) is 0 Å². The second-order valence-electron chi connectivity index (χ2n) is 4.84. The van der Waals surface area contributed by atoms with Gasteiger partial charge in [0, 0.05) is 0 Å². The molecule has 14 heavy (non-hydrogen) atoms. The first kappa shape index (κ1) is 11.3. The molecule has 0 aromatic heterocycles. The minimum atomic E-state index is -0.110. The van der Waals surface area contributed by atoms with E-state index in [2.05, 4.69) is 33.8 Å². The van der Waals surface area contributed by atoms with Crippen LogP contribution in [0, 0.1) is 17.3 Å². The van der Waals surface area contributed by atoms with Crippen LogP contribution in [0.15, 0.2) is 11.6 Å². The second-order valence-corrected chi connectivity index (χ2v) is 4.84. The molecular formula is C12H20O2. The Morgan fingerprint density at radius 2 is 2.14 bits per heavy atom. The molecule has 80 valence electrons. The fourth-order valence-corrected chi connectivity index (χ4v) is 2.17. The number of carbonyl (C=O) groups excluding carboxylic acids is 1. The molecule has 0 saturated carbocycles. The van der Waals surface area contributed by atoms with Crippen LogP contribution in [0.25, 0.3) is 0 Å². The van der Waals surface area contributed by atoms with Crippen molar-refractivity contribution in [1.29, 1.82) is 0 Å². The van der Waals surface area contributed by atoms with Gasteiger partial charge in [-0.15, -0.1) is 0 Å². The van der Waals surface area contributed by atoms with E-state index in [1.54, 1.807) is 0 Å². The average Bonchev–Trinajstić information content (AvgIpc) is 2.30. The Bertz CT molecular complexity index is 263. The Morgan fingerprint density at radius 1 is 1.57 bits per heavy atom. The van der Waals surface area contributed by atoms with Crippen molar-refractivity contribution in [2.75, 3.05) is 7.11 Å². The first-order valence-corrected chi connectivity index (χ1v) is 5.14. The minimum Gasteiger partial charge on any atom is -0.469 e. The summed E-state index contributed by atoms with van der Waals surface area (Å²) in [6.45, 7) is 8.81. The van der Waals surface area contributed by atoms with E-state index >= 15 is 0 Å². The number of methoxy groups -OCH3 is 1. The van der Waals surface area contributed by atoms with Gasteiger partial charge in [-0.2, -0.15) is 0 Å². The van der Waals surface area contributed by atoms with Crippen LogP contribution in [0.4, 0.5) is 0 Å². The van der Waals surface area contributed by atoms with Gasteiger partial charge >= 0.3 is 5.97 Å². The normalized spacial score (nSPS) is 29.9. The van der Waals surface area contributed by atoms with Gasteiger partial charge in [0.1, 0.15) is 0 Å². The van der Waals surface area contributed by atoms with Gasteiger partial charge in [0.05, 0.1) is 13.5 Å². The Kier molecular flexibility index (Phi) is 3.03. The molecule has 0 aromatic rings. The predicted octanol–water partition coefficient (Wildman–Crippen LogP) is 2.79. The molecule has 1 aliphatic carbocycles. The van der Waals surface area contributed by atoms with Gasteiger partial charge in [-0.1, -0.05) is 32.4 Å². The van der Waals surface area contributed by atoms with E-state index < -0.39 is 0 Å². The van der Waals surface area contributed by atoms with E-state index in [4.69, 9.17) is 4.74 Å². The van der Waals surface area contributed by atoms with E-state index in [0.29, 0.717) is 18.3 Å². The highest BCUT2D eigenvalue weighted by Gasteiger charge is 2.40. The summed E-state index contributed by atoms with van der Waals surface area (Å²) >= 11 is 0. The van der Waals surface area contributed by atoms with Crippen LogP contribution in [0.5, 0.6) is 0 Å². The number of allylic oxidation sites excluding steroid dienone is 2. The fraction of sp³-hybridized carbons (Fsp3) is 0.750. The smallest absolute Gasteiger partial charge is 0.306 e. The zero-order chi connectivity index (χ0) is 10.9. The molecule has 0 aromatic carbocycles. The van der Waals surface area contributed by atoms with Crippen molar-refractivity contribution < 1.29 is 9.53 Å². The Labute approximate surface area is 86.3 Å². The number of ether oxygens (including phenoxy) is 1. The summed E-state index contributed by atoms with van der Waals surface area (Å²) in [7, 11) is 1.45. The summed E-state index contributed by atoms with van der Waals surface area (Å²) < 4.78 is 4.71. The van der Waals surface area contributed by atoms with Gasteiger partial charge in [0.25, 0.3) is 0 Å². The van der Waals surface area contributed by atoms with Crippen LogP contribution in [0.3, 0.4) is 0 Å². The standard InChI is InChI=1S/C12H20O2/c1-8-6-10(7-11(13)14-5)12(3,4)9(8)2/h6,9-10H,7H2,1-5H3. The number of hydrogen-bond donors (Lipinski definition) is 0. The topological polar surface area (TPSA) is 26.3 Å². The summed E-state index contributed by atoms with van der Waals surface area (Å²) in [6.07, 6.45) is 2.73. The average molecular weight is 196 g/mol. The lowest BCUT2D eigenvalue weighted by Gasteiger charge is -2.31. The lowest BCUT2D eigenvalue weighted by atomic mass is 9.73. The first-order chi connectivity index (χ1) is 6.39. The molecule has 0 bridgehead atoms. The fourth-order valence-electron chi connectivity index (χ4n) is 2.17. The quantitative estimate of drug-likeness (QED) is 0.501. The molecule has 2 atom stereocenters. The number of esters is 1. The highest BCUT2D eigenvalue weighted by molar-refractivity contribution is 5.70. The molecule has 2 nitrogen and oxygen atoms in total. The van der Waals surface area contributed by atoms with E-state index in [1.165, 1.54) is 12.7 Å². The van der Waals surface area contributed by atoms with Crippen LogP contribution in [-0.4, -0.2) is 13.1 Å². The summed E-state index contributed by atoms with van der Waals surface area (Å²) in [5.74, 6) is 0.767. The van der Waals surface area contributed by atoms with Gasteiger partial charge in [0.2, 0.25) is 0 Å². The largest absolute Gasteiger partial charge is 0.469 e. The van der Waals surface area contributed by atoms with Gasteiger partial charge in [-0.25, -0.2) is 0 Å². The zero-order valence-corrected chi connectivity index (χ0v) is 9.76. The Hall–Kier alpha value is -0.790. The molecule has 0 N–H and O–H groups in total. The number of carbonyl (C=O) groups is 1. The van der Waals surface area contributed by atoms with E-state index in [0.717, 1.165) is 0 Å². The van der Waals surface area contributed by atoms with Crippen molar-refractivity contribution in [2.24, 2.45) is 17.3 Å². The molecule has 0 radical (unpaired) electrons. The molecule has 0 saturated heterocycles. The molecule has 2 heteroatoms. The van der Waals surface area contributed by atoms with Crippen LogP contribution in [0.1, 0.15) is 34.1 Å². The highest BCUT2D eigenvalue weighted by Crippen LogP contribution is 2.47. The maximum atomic E-state index is 11.2. The van der Waals surface area contributed by atoms with Crippen LogP contribution in [-0.2, 0) is 9.53 Å². The molecule has 0 fully saturated rings. The Morgan fingerprint density at radius 3 is 2.50 bits per heavy atom. The molecular weight excluding hydrogens is 176 g/mol. The van der Waals surface area contributed by atoms with Crippen molar-refractivity contribution in [1.82, 2.24) is 0 Å².